The number of methoxy groups -OCH3 is 1. The molecule has 3 rings (SSSR count). The van der Waals surface area contributed by atoms with E-state index < -0.39 is 0 Å². The summed E-state index contributed by atoms with van der Waals surface area (Å²) in [5, 5.41) is 12.3. The number of aliphatic hydroxyl groups excluding tert-OH is 1. The molecule has 0 saturated carbocycles. The van der Waals surface area contributed by atoms with Crippen LogP contribution in [0.1, 0.15) is 28.4 Å². The summed E-state index contributed by atoms with van der Waals surface area (Å²) in [7, 11) is 1.39. The fraction of sp³-hybridized carbons (Fsp3) is 0.389. The molecule has 7 heteroatoms. The van der Waals surface area contributed by atoms with Gasteiger partial charge in [-0.1, -0.05) is 6.07 Å². The van der Waals surface area contributed by atoms with E-state index in [0.717, 1.165) is 25.3 Å². The van der Waals surface area contributed by atoms with Crippen molar-refractivity contribution in [2.45, 2.75) is 25.9 Å². The molecule has 2 N–H and O–H groups in total. The summed E-state index contributed by atoms with van der Waals surface area (Å²) in [4.78, 5) is 22.4. The maximum atomic E-state index is 11.7. The SMILES string of the molecule is COC(=O)c1ccc2c(c1)CCN(c1cc(N[C@H](C)CO)ncn1)C2. The third kappa shape index (κ3) is 3.88. The first kappa shape index (κ1) is 17.2. The van der Waals surface area contributed by atoms with Crippen molar-refractivity contribution in [3.05, 3.63) is 47.3 Å². The highest BCUT2D eigenvalue weighted by Gasteiger charge is 2.19. The Morgan fingerprint density at radius 3 is 2.96 bits per heavy atom. The smallest absolute Gasteiger partial charge is 0.337 e. The van der Waals surface area contributed by atoms with Crippen LogP contribution in [0.5, 0.6) is 0 Å². The Kier molecular flexibility index (Phi) is 5.14. The van der Waals surface area contributed by atoms with E-state index in [9.17, 15) is 4.79 Å². The first-order valence-electron chi connectivity index (χ1n) is 8.25. The monoisotopic (exact) mass is 342 g/mol. The molecule has 0 unspecified atom stereocenters. The van der Waals surface area contributed by atoms with Gasteiger partial charge in [0, 0.05) is 25.2 Å². The summed E-state index contributed by atoms with van der Waals surface area (Å²) in [6.45, 7) is 3.46. The lowest BCUT2D eigenvalue weighted by atomic mass is 9.97. The van der Waals surface area contributed by atoms with Crippen molar-refractivity contribution in [3.8, 4) is 0 Å². The van der Waals surface area contributed by atoms with Gasteiger partial charge in [0.05, 0.1) is 19.3 Å². The molecule has 1 atom stereocenters. The van der Waals surface area contributed by atoms with Crippen LogP contribution in [0.15, 0.2) is 30.6 Å². The molecule has 0 spiro atoms. The predicted octanol–water partition coefficient (Wildman–Crippen LogP) is 1.62. The maximum Gasteiger partial charge on any atom is 0.337 e. The lowest BCUT2D eigenvalue weighted by Gasteiger charge is -2.30. The van der Waals surface area contributed by atoms with Gasteiger partial charge in [0.2, 0.25) is 0 Å². The average molecular weight is 342 g/mol. The molecule has 132 valence electrons. The van der Waals surface area contributed by atoms with Gasteiger partial charge in [-0.05, 0) is 36.6 Å². The highest BCUT2D eigenvalue weighted by Crippen LogP contribution is 2.25. The molecule has 7 nitrogen and oxygen atoms in total. The van der Waals surface area contributed by atoms with Crippen molar-refractivity contribution in [2.75, 3.05) is 30.5 Å². The Hall–Kier alpha value is -2.67. The van der Waals surface area contributed by atoms with Crippen molar-refractivity contribution in [1.82, 2.24) is 9.97 Å². The molecule has 2 aromatic rings. The number of aromatic nitrogens is 2. The molecule has 0 aliphatic carbocycles. The number of carbonyl (C=O) groups is 1. The molecule has 0 amide bonds. The van der Waals surface area contributed by atoms with Crippen molar-refractivity contribution in [1.29, 1.82) is 0 Å². The molecule has 0 radical (unpaired) electrons. The van der Waals surface area contributed by atoms with Crippen LogP contribution in [0.4, 0.5) is 11.6 Å². The number of rotatable bonds is 5. The predicted molar refractivity (Wildman–Crippen MR) is 94.7 cm³/mol. The van der Waals surface area contributed by atoms with Gasteiger partial charge in [-0.3, -0.25) is 0 Å². The van der Waals surface area contributed by atoms with Gasteiger partial charge in [0.1, 0.15) is 18.0 Å². The first-order valence-corrected chi connectivity index (χ1v) is 8.25. The highest BCUT2D eigenvalue weighted by atomic mass is 16.5. The normalized spacial score (nSPS) is 14.6. The van der Waals surface area contributed by atoms with Gasteiger partial charge >= 0.3 is 5.97 Å². The van der Waals surface area contributed by atoms with Crippen LogP contribution in [0, 0.1) is 0 Å². The van der Waals surface area contributed by atoms with Crippen molar-refractivity contribution in [2.24, 2.45) is 0 Å². The second kappa shape index (κ2) is 7.48. The Balaban J connectivity index is 1.76. The number of nitrogens with one attached hydrogen (secondary N) is 1. The number of hydrogen-bond acceptors (Lipinski definition) is 7. The number of esters is 1. The summed E-state index contributed by atoms with van der Waals surface area (Å²) >= 11 is 0. The van der Waals surface area contributed by atoms with Crippen LogP contribution in [0.3, 0.4) is 0 Å². The number of nitrogens with zero attached hydrogens (tertiary/aromatic N) is 3. The zero-order valence-electron chi connectivity index (χ0n) is 14.4. The highest BCUT2D eigenvalue weighted by molar-refractivity contribution is 5.89. The Morgan fingerprint density at radius 1 is 1.36 bits per heavy atom. The molecular formula is C18H22N4O3. The van der Waals surface area contributed by atoms with Gasteiger partial charge in [-0.15, -0.1) is 0 Å². The van der Waals surface area contributed by atoms with Gasteiger partial charge in [-0.25, -0.2) is 14.8 Å². The van der Waals surface area contributed by atoms with E-state index in [0.29, 0.717) is 11.4 Å². The third-order valence-corrected chi connectivity index (χ3v) is 4.28. The quantitative estimate of drug-likeness (QED) is 0.798. The van der Waals surface area contributed by atoms with Crippen LogP contribution in [-0.4, -0.2) is 47.3 Å². The molecule has 2 heterocycles. The molecule has 1 aliphatic rings. The summed E-state index contributed by atoms with van der Waals surface area (Å²) < 4.78 is 4.78. The molecule has 1 aromatic heterocycles. The standard InChI is InChI=1S/C18H22N4O3/c1-12(10-23)21-16-8-17(20-11-19-16)22-6-5-13-7-14(18(24)25-2)3-4-15(13)9-22/h3-4,7-8,11-12,23H,5-6,9-10H2,1-2H3,(H,19,20,21)/t12-/m1/s1. The summed E-state index contributed by atoms with van der Waals surface area (Å²) in [5.41, 5.74) is 2.93. The Labute approximate surface area is 146 Å². The zero-order valence-corrected chi connectivity index (χ0v) is 14.4. The van der Waals surface area contributed by atoms with Gasteiger partial charge in [0.25, 0.3) is 0 Å². The zero-order chi connectivity index (χ0) is 17.8. The number of carbonyl (C=O) groups excluding carboxylic acids is 1. The van der Waals surface area contributed by atoms with Gasteiger partial charge in [-0.2, -0.15) is 0 Å². The number of anilines is 2. The third-order valence-electron chi connectivity index (χ3n) is 4.28. The summed E-state index contributed by atoms with van der Waals surface area (Å²) in [5.74, 6) is 1.22. The second-order valence-corrected chi connectivity index (χ2v) is 6.14. The van der Waals surface area contributed by atoms with Crippen LogP contribution in [-0.2, 0) is 17.7 Å². The van der Waals surface area contributed by atoms with Crippen LogP contribution >= 0.6 is 0 Å². The van der Waals surface area contributed by atoms with Crippen molar-refractivity contribution in [3.63, 3.8) is 0 Å². The van der Waals surface area contributed by atoms with Gasteiger partial charge in [0.15, 0.2) is 0 Å². The fourth-order valence-corrected chi connectivity index (χ4v) is 2.89. The molecule has 1 aromatic carbocycles. The number of fused-ring (bicyclic) bond motifs is 1. The molecule has 1 aliphatic heterocycles. The van der Waals surface area contributed by atoms with E-state index >= 15 is 0 Å². The summed E-state index contributed by atoms with van der Waals surface area (Å²) in [6, 6.07) is 7.50. The molecule has 0 saturated heterocycles. The van der Waals surface area contributed by atoms with Gasteiger partial charge < -0.3 is 20.1 Å². The maximum absolute atomic E-state index is 11.7. The Bertz CT molecular complexity index is 766. The average Bonchev–Trinajstić information content (AvgIpc) is 2.66. The number of aliphatic hydroxyl groups is 1. The number of ether oxygens (including phenoxy) is 1. The van der Waals surface area contributed by atoms with E-state index in [1.807, 2.05) is 25.1 Å². The minimum absolute atomic E-state index is 0.0406. The van der Waals surface area contributed by atoms with E-state index in [-0.39, 0.29) is 18.6 Å². The minimum atomic E-state index is -0.310. The topological polar surface area (TPSA) is 87.6 Å². The minimum Gasteiger partial charge on any atom is -0.465 e. The van der Waals surface area contributed by atoms with E-state index in [1.54, 1.807) is 6.07 Å². The largest absolute Gasteiger partial charge is 0.465 e. The van der Waals surface area contributed by atoms with E-state index in [2.05, 4.69) is 20.2 Å². The molecular weight excluding hydrogens is 320 g/mol. The Morgan fingerprint density at radius 2 is 2.20 bits per heavy atom. The van der Waals surface area contributed by atoms with Crippen molar-refractivity contribution >= 4 is 17.6 Å². The molecule has 0 fully saturated rings. The van der Waals surface area contributed by atoms with Crippen LogP contribution in [0.25, 0.3) is 0 Å². The van der Waals surface area contributed by atoms with Crippen molar-refractivity contribution < 1.29 is 14.6 Å². The number of benzene rings is 1. The fourth-order valence-electron chi connectivity index (χ4n) is 2.89. The second-order valence-electron chi connectivity index (χ2n) is 6.14. The lowest BCUT2D eigenvalue weighted by Crippen LogP contribution is -2.31. The van der Waals surface area contributed by atoms with E-state index in [4.69, 9.17) is 9.84 Å². The molecule has 25 heavy (non-hydrogen) atoms. The number of hydrogen-bond donors (Lipinski definition) is 2. The molecule has 0 bridgehead atoms. The first-order chi connectivity index (χ1) is 12.1. The summed E-state index contributed by atoms with van der Waals surface area (Å²) in [6.07, 6.45) is 2.36. The van der Waals surface area contributed by atoms with Crippen LogP contribution in [0.2, 0.25) is 0 Å². The van der Waals surface area contributed by atoms with E-state index in [1.165, 1.54) is 24.6 Å². The van der Waals surface area contributed by atoms with Crippen LogP contribution < -0.4 is 10.2 Å². The lowest BCUT2D eigenvalue weighted by molar-refractivity contribution is 0.0600.